The summed E-state index contributed by atoms with van der Waals surface area (Å²) in [5, 5.41) is 10.3. The van der Waals surface area contributed by atoms with Crippen LogP contribution in [0.1, 0.15) is 6.92 Å². The Morgan fingerprint density at radius 2 is 1.87 bits per heavy atom. The molecule has 1 heterocycles. The van der Waals surface area contributed by atoms with Crippen molar-refractivity contribution >= 4 is 15.9 Å². The predicted molar refractivity (Wildman–Crippen MR) is 93.4 cm³/mol. The van der Waals surface area contributed by atoms with E-state index in [1.54, 1.807) is 12.3 Å². The van der Waals surface area contributed by atoms with E-state index < -0.39 is 0 Å². The van der Waals surface area contributed by atoms with Crippen LogP contribution in [0.15, 0.2) is 59.5 Å². The van der Waals surface area contributed by atoms with Gasteiger partial charge in [0.1, 0.15) is 17.8 Å². The minimum atomic E-state index is 0.132. The van der Waals surface area contributed by atoms with Crippen molar-refractivity contribution in [3.63, 3.8) is 0 Å². The lowest BCUT2D eigenvalue weighted by Crippen LogP contribution is -1.94. The van der Waals surface area contributed by atoms with Crippen molar-refractivity contribution in [2.45, 2.75) is 6.92 Å². The van der Waals surface area contributed by atoms with Crippen molar-refractivity contribution in [2.75, 3.05) is 6.61 Å². The lowest BCUT2D eigenvalue weighted by atomic mass is 10.0. The summed E-state index contributed by atoms with van der Waals surface area (Å²) in [5.41, 5.74) is 3.17. The van der Waals surface area contributed by atoms with Crippen LogP contribution in [0.3, 0.4) is 0 Å². The van der Waals surface area contributed by atoms with Gasteiger partial charge in [-0.3, -0.25) is 0 Å². The first-order valence-corrected chi connectivity index (χ1v) is 8.00. The Kier molecular flexibility index (Phi) is 4.57. The van der Waals surface area contributed by atoms with Gasteiger partial charge in [-0.1, -0.05) is 28.1 Å². The van der Waals surface area contributed by atoms with Crippen LogP contribution in [0, 0.1) is 0 Å². The molecule has 0 saturated heterocycles. The molecule has 0 radical (unpaired) electrons. The number of nitrogens with zero attached hydrogens (tertiary/aromatic N) is 2. The third-order valence-corrected chi connectivity index (χ3v) is 3.93. The standard InChI is InChI=1S/C18H15BrN2O2/c1-2-23-14-7-8-15(17(22)9-14)18-16(10-20-11-21-18)12-3-5-13(19)6-4-12/h3-11,22H,2H2,1H3. The summed E-state index contributed by atoms with van der Waals surface area (Å²) in [4.78, 5) is 8.48. The van der Waals surface area contributed by atoms with Gasteiger partial charge in [-0.2, -0.15) is 0 Å². The van der Waals surface area contributed by atoms with E-state index >= 15 is 0 Å². The summed E-state index contributed by atoms with van der Waals surface area (Å²) >= 11 is 3.43. The molecule has 1 N–H and O–H groups in total. The smallest absolute Gasteiger partial charge is 0.128 e. The first-order valence-electron chi connectivity index (χ1n) is 7.21. The number of hydrogen-bond acceptors (Lipinski definition) is 4. The Balaban J connectivity index is 2.09. The zero-order chi connectivity index (χ0) is 16.2. The molecule has 0 atom stereocenters. The Hall–Kier alpha value is -2.40. The van der Waals surface area contributed by atoms with Gasteiger partial charge in [-0.25, -0.2) is 9.97 Å². The van der Waals surface area contributed by atoms with Gasteiger partial charge in [-0.05, 0) is 36.8 Å². The summed E-state index contributed by atoms with van der Waals surface area (Å²) in [6.07, 6.45) is 3.23. The highest BCUT2D eigenvalue weighted by Crippen LogP contribution is 2.36. The van der Waals surface area contributed by atoms with E-state index in [1.165, 1.54) is 6.33 Å². The second-order valence-corrected chi connectivity index (χ2v) is 5.82. The molecule has 0 aliphatic carbocycles. The average molecular weight is 371 g/mol. The van der Waals surface area contributed by atoms with Gasteiger partial charge in [-0.15, -0.1) is 0 Å². The van der Waals surface area contributed by atoms with Crippen LogP contribution in [-0.2, 0) is 0 Å². The molecule has 1 aromatic heterocycles. The van der Waals surface area contributed by atoms with Crippen molar-refractivity contribution < 1.29 is 9.84 Å². The number of aromatic hydroxyl groups is 1. The molecule has 0 saturated carbocycles. The lowest BCUT2D eigenvalue weighted by Gasteiger charge is -2.11. The first kappa shape index (κ1) is 15.5. The molecule has 0 amide bonds. The van der Waals surface area contributed by atoms with Crippen LogP contribution in [0.2, 0.25) is 0 Å². The van der Waals surface area contributed by atoms with Gasteiger partial charge in [0.05, 0.1) is 12.3 Å². The normalized spacial score (nSPS) is 10.5. The zero-order valence-electron chi connectivity index (χ0n) is 12.5. The lowest BCUT2D eigenvalue weighted by molar-refractivity contribution is 0.338. The van der Waals surface area contributed by atoms with E-state index in [2.05, 4.69) is 25.9 Å². The van der Waals surface area contributed by atoms with Gasteiger partial charge in [0, 0.05) is 27.9 Å². The van der Waals surface area contributed by atoms with Gasteiger partial charge in [0.15, 0.2) is 0 Å². The molecule has 0 bridgehead atoms. The molecule has 0 fully saturated rings. The Morgan fingerprint density at radius 1 is 1.09 bits per heavy atom. The fourth-order valence-electron chi connectivity index (χ4n) is 2.35. The summed E-state index contributed by atoms with van der Waals surface area (Å²) in [7, 11) is 0. The fourth-order valence-corrected chi connectivity index (χ4v) is 2.62. The number of halogens is 1. The Morgan fingerprint density at radius 3 is 2.57 bits per heavy atom. The van der Waals surface area contributed by atoms with E-state index in [1.807, 2.05) is 43.3 Å². The topological polar surface area (TPSA) is 55.2 Å². The van der Waals surface area contributed by atoms with Crippen molar-refractivity contribution in [2.24, 2.45) is 0 Å². The largest absolute Gasteiger partial charge is 0.507 e. The van der Waals surface area contributed by atoms with Crippen molar-refractivity contribution in [1.29, 1.82) is 0 Å². The first-order chi connectivity index (χ1) is 11.2. The number of hydrogen-bond donors (Lipinski definition) is 1. The second-order valence-electron chi connectivity index (χ2n) is 4.90. The molecule has 3 rings (SSSR count). The Labute approximate surface area is 142 Å². The highest BCUT2D eigenvalue weighted by Gasteiger charge is 2.13. The van der Waals surface area contributed by atoms with Crippen LogP contribution in [0.25, 0.3) is 22.4 Å². The van der Waals surface area contributed by atoms with E-state index in [4.69, 9.17) is 4.74 Å². The Bertz CT molecular complexity index is 820. The summed E-state index contributed by atoms with van der Waals surface area (Å²) < 4.78 is 6.41. The molecule has 0 aliphatic heterocycles. The molecule has 0 aliphatic rings. The van der Waals surface area contributed by atoms with Gasteiger partial charge < -0.3 is 9.84 Å². The van der Waals surface area contributed by atoms with Crippen molar-refractivity contribution in [1.82, 2.24) is 9.97 Å². The van der Waals surface area contributed by atoms with Crippen molar-refractivity contribution in [3.05, 3.63) is 59.5 Å². The molecule has 3 aromatic rings. The fraction of sp³-hybridized carbons (Fsp3) is 0.111. The van der Waals surface area contributed by atoms with E-state index in [0.29, 0.717) is 23.6 Å². The van der Waals surface area contributed by atoms with Crippen molar-refractivity contribution in [3.8, 4) is 33.9 Å². The summed E-state index contributed by atoms with van der Waals surface area (Å²) in [6, 6.07) is 13.1. The number of phenols is 1. The number of ether oxygens (including phenoxy) is 1. The monoisotopic (exact) mass is 370 g/mol. The van der Waals surface area contributed by atoms with Crippen LogP contribution >= 0.6 is 15.9 Å². The molecule has 4 nitrogen and oxygen atoms in total. The maximum Gasteiger partial charge on any atom is 0.128 e. The van der Waals surface area contributed by atoms with Crippen LogP contribution < -0.4 is 4.74 Å². The molecule has 5 heteroatoms. The molecule has 0 spiro atoms. The highest BCUT2D eigenvalue weighted by molar-refractivity contribution is 9.10. The minimum Gasteiger partial charge on any atom is -0.507 e. The number of aromatic nitrogens is 2. The molecular weight excluding hydrogens is 356 g/mol. The molecule has 0 unspecified atom stereocenters. The number of benzene rings is 2. The van der Waals surface area contributed by atoms with Crippen LogP contribution in [0.5, 0.6) is 11.5 Å². The maximum atomic E-state index is 10.3. The van der Waals surface area contributed by atoms with E-state index in [-0.39, 0.29) is 5.75 Å². The van der Waals surface area contributed by atoms with Crippen LogP contribution in [-0.4, -0.2) is 21.7 Å². The van der Waals surface area contributed by atoms with E-state index in [9.17, 15) is 5.11 Å². The SMILES string of the molecule is CCOc1ccc(-c2ncncc2-c2ccc(Br)cc2)c(O)c1. The van der Waals surface area contributed by atoms with Gasteiger partial charge >= 0.3 is 0 Å². The van der Waals surface area contributed by atoms with Gasteiger partial charge in [0.25, 0.3) is 0 Å². The molecule has 23 heavy (non-hydrogen) atoms. The van der Waals surface area contributed by atoms with E-state index in [0.717, 1.165) is 15.6 Å². The van der Waals surface area contributed by atoms with Crippen LogP contribution in [0.4, 0.5) is 0 Å². The highest BCUT2D eigenvalue weighted by atomic mass is 79.9. The maximum absolute atomic E-state index is 10.3. The quantitative estimate of drug-likeness (QED) is 0.724. The second kappa shape index (κ2) is 6.79. The number of phenolic OH excluding ortho intramolecular Hbond substituents is 1. The number of rotatable bonds is 4. The summed E-state index contributed by atoms with van der Waals surface area (Å²) in [6.45, 7) is 2.46. The van der Waals surface area contributed by atoms with Gasteiger partial charge in [0.2, 0.25) is 0 Å². The zero-order valence-corrected chi connectivity index (χ0v) is 14.1. The third kappa shape index (κ3) is 3.35. The predicted octanol–water partition coefficient (Wildman–Crippen LogP) is 4.68. The molecular formula is C18H15BrN2O2. The molecule has 2 aromatic carbocycles. The third-order valence-electron chi connectivity index (χ3n) is 3.40. The summed E-state index contributed by atoms with van der Waals surface area (Å²) in [5.74, 6) is 0.765. The average Bonchev–Trinajstić information content (AvgIpc) is 2.56. The molecule has 116 valence electrons. The minimum absolute atomic E-state index is 0.132.